The number of rotatable bonds is 3. The third kappa shape index (κ3) is 2.53. The fraction of sp³-hybridized carbons (Fsp3) is 0.526. The number of aryl methyl sites for hydroxylation is 1. The van der Waals surface area contributed by atoms with Gasteiger partial charge >= 0.3 is 5.97 Å². The Balaban J connectivity index is 1.92. The van der Waals surface area contributed by atoms with Crippen molar-refractivity contribution < 1.29 is 14.3 Å². The SMILES string of the molecule is CCOC(=O)C1CCC2=C(CCc3cc(OC)ccc32)C1C. The predicted octanol–water partition coefficient (Wildman–Crippen LogP) is 4.00. The van der Waals surface area contributed by atoms with Gasteiger partial charge in [-0.05, 0) is 67.4 Å². The number of hydrogen-bond acceptors (Lipinski definition) is 3. The highest BCUT2D eigenvalue weighted by molar-refractivity contribution is 5.80. The van der Waals surface area contributed by atoms with Crippen LogP contribution in [0.4, 0.5) is 0 Å². The largest absolute Gasteiger partial charge is 0.497 e. The summed E-state index contributed by atoms with van der Waals surface area (Å²) >= 11 is 0. The van der Waals surface area contributed by atoms with E-state index in [1.54, 1.807) is 7.11 Å². The third-order valence-corrected chi connectivity index (χ3v) is 5.14. The average molecular weight is 300 g/mol. The Kier molecular flexibility index (Phi) is 4.23. The van der Waals surface area contributed by atoms with Gasteiger partial charge in [-0.1, -0.05) is 18.6 Å². The van der Waals surface area contributed by atoms with Crippen LogP contribution >= 0.6 is 0 Å². The van der Waals surface area contributed by atoms with E-state index in [1.165, 1.54) is 22.3 Å². The molecule has 0 bridgehead atoms. The summed E-state index contributed by atoms with van der Waals surface area (Å²) in [6.07, 6.45) is 3.95. The molecule has 2 atom stereocenters. The molecule has 0 spiro atoms. The molecule has 0 saturated heterocycles. The first-order valence-corrected chi connectivity index (χ1v) is 8.21. The van der Waals surface area contributed by atoms with E-state index in [0.717, 1.165) is 31.4 Å². The van der Waals surface area contributed by atoms with Gasteiger partial charge in [-0.15, -0.1) is 0 Å². The van der Waals surface area contributed by atoms with E-state index in [2.05, 4.69) is 19.1 Å². The van der Waals surface area contributed by atoms with Crippen LogP contribution in [-0.2, 0) is 16.0 Å². The Morgan fingerprint density at radius 2 is 2.09 bits per heavy atom. The number of fused-ring (bicyclic) bond motifs is 2. The van der Waals surface area contributed by atoms with Crippen molar-refractivity contribution in [1.82, 2.24) is 0 Å². The number of methoxy groups -OCH3 is 1. The van der Waals surface area contributed by atoms with Crippen molar-refractivity contribution in [3.63, 3.8) is 0 Å². The van der Waals surface area contributed by atoms with Gasteiger partial charge in [0.2, 0.25) is 0 Å². The van der Waals surface area contributed by atoms with Crippen LogP contribution < -0.4 is 4.74 Å². The van der Waals surface area contributed by atoms with Crippen molar-refractivity contribution in [3.05, 3.63) is 34.9 Å². The maximum Gasteiger partial charge on any atom is 0.309 e. The third-order valence-electron chi connectivity index (χ3n) is 5.14. The predicted molar refractivity (Wildman–Crippen MR) is 86.8 cm³/mol. The van der Waals surface area contributed by atoms with Gasteiger partial charge in [0.15, 0.2) is 0 Å². The summed E-state index contributed by atoms with van der Waals surface area (Å²) in [7, 11) is 1.71. The molecule has 1 aromatic rings. The first-order chi connectivity index (χ1) is 10.7. The maximum absolute atomic E-state index is 12.2. The van der Waals surface area contributed by atoms with E-state index >= 15 is 0 Å². The van der Waals surface area contributed by atoms with Gasteiger partial charge in [0.25, 0.3) is 0 Å². The van der Waals surface area contributed by atoms with E-state index in [1.807, 2.05) is 13.0 Å². The number of allylic oxidation sites excluding steroid dienone is 2. The lowest BCUT2D eigenvalue weighted by atomic mass is 9.69. The zero-order valence-electron chi connectivity index (χ0n) is 13.6. The summed E-state index contributed by atoms with van der Waals surface area (Å²) in [6, 6.07) is 6.37. The Bertz CT molecular complexity index is 615. The van der Waals surface area contributed by atoms with Gasteiger partial charge in [0, 0.05) is 0 Å². The van der Waals surface area contributed by atoms with Crippen LogP contribution in [0.2, 0.25) is 0 Å². The molecule has 3 heteroatoms. The molecule has 118 valence electrons. The van der Waals surface area contributed by atoms with Crippen molar-refractivity contribution in [2.24, 2.45) is 11.8 Å². The molecule has 0 N–H and O–H groups in total. The monoisotopic (exact) mass is 300 g/mol. The molecule has 22 heavy (non-hydrogen) atoms. The number of esters is 1. The standard InChI is InChI=1S/C19H24O3/c1-4-22-19(20)16-9-10-18-15(12(16)2)7-5-13-11-14(21-3)6-8-17(13)18/h6,8,11-12,16H,4-5,7,9-10H2,1-3H3. The molecule has 2 aliphatic rings. The first-order valence-electron chi connectivity index (χ1n) is 8.21. The molecule has 0 heterocycles. The summed E-state index contributed by atoms with van der Waals surface area (Å²) in [4.78, 5) is 12.2. The van der Waals surface area contributed by atoms with E-state index < -0.39 is 0 Å². The molecular weight excluding hydrogens is 276 g/mol. The van der Waals surface area contributed by atoms with E-state index in [9.17, 15) is 4.79 Å². The fourth-order valence-electron chi connectivity index (χ4n) is 3.95. The van der Waals surface area contributed by atoms with Gasteiger partial charge in [-0.3, -0.25) is 4.79 Å². The van der Waals surface area contributed by atoms with E-state index in [4.69, 9.17) is 9.47 Å². The Hall–Kier alpha value is -1.77. The lowest BCUT2D eigenvalue weighted by Gasteiger charge is -2.35. The van der Waals surface area contributed by atoms with Crippen molar-refractivity contribution in [1.29, 1.82) is 0 Å². The van der Waals surface area contributed by atoms with Crippen molar-refractivity contribution in [2.75, 3.05) is 13.7 Å². The molecule has 0 radical (unpaired) electrons. The summed E-state index contributed by atoms with van der Waals surface area (Å²) in [5.74, 6) is 1.22. The second kappa shape index (κ2) is 6.15. The number of carbonyl (C=O) groups excluding carboxylic acids is 1. The topological polar surface area (TPSA) is 35.5 Å². The fourth-order valence-corrected chi connectivity index (χ4v) is 3.95. The zero-order valence-corrected chi connectivity index (χ0v) is 13.6. The smallest absolute Gasteiger partial charge is 0.309 e. The minimum absolute atomic E-state index is 0.0259. The lowest BCUT2D eigenvalue weighted by molar-refractivity contribution is -0.149. The molecule has 0 aliphatic heterocycles. The average Bonchev–Trinajstić information content (AvgIpc) is 2.54. The normalized spacial score (nSPS) is 23.6. The van der Waals surface area contributed by atoms with Gasteiger partial charge in [0.05, 0.1) is 19.6 Å². The van der Waals surface area contributed by atoms with Gasteiger partial charge in [-0.2, -0.15) is 0 Å². The molecule has 0 aromatic heterocycles. The summed E-state index contributed by atoms with van der Waals surface area (Å²) in [5, 5.41) is 0. The minimum Gasteiger partial charge on any atom is -0.497 e. The molecule has 0 fully saturated rings. The highest BCUT2D eigenvalue weighted by atomic mass is 16.5. The van der Waals surface area contributed by atoms with Crippen molar-refractivity contribution >= 4 is 11.5 Å². The Morgan fingerprint density at radius 1 is 1.27 bits per heavy atom. The minimum atomic E-state index is -0.0259. The quantitative estimate of drug-likeness (QED) is 0.791. The van der Waals surface area contributed by atoms with Gasteiger partial charge in [-0.25, -0.2) is 0 Å². The highest BCUT2D eigenvalue weighted by Crippen LogP contribution is 2.46. The second-order valence-corrected chi connectivity index (χ2v) is 6.21. The lowest BCUT2D eigenvalue weighted by Crippen LogP contribution is -2.30. The van der Waals surface area contributed by atoms with Crippen LogP contribution in [0.1, 0.15) is 44.2 Å². The number of hydrogen-bond donors (Lipinski definition) is 0. The van der Waals surface area contributed by atoms with Crippen LogP contribution in [-0.4, -0.2) is 19.7 Å². The van der Waals surface area contributed by atoms with Crippen LogP contribution in [0.25, 0.3) is 5.57 Å². The summed E-state index contributed by atoms with van der Waals surface area (Å²) in [5.41, 5.74) is 5.65. The molecule has 3 rings (SSSR count). The van der Waals surface area contributed by atoms with Crippen LogP contribution in [0.15, 0.2) is 23.8 Å². The Morgan fingerprint density at radius 3 is 2.82 bits per heavy atom. The molecule has 0 amide bonds. The van der Waals surface area contributed by atoms with Crippen molar-refractivity contribution in [3.8, 4) is 5.75 Å². The van der Waals surface area contributed by atoms with Gasteiger partial charge < -0.3 is 9.47 Å². The van der Waals surface area contributed by atoms with Crippen LogP contribution in [0.5, 0.6) is 5.75 Å². The second-order valence-electron chi connectivity index (χ2n) is 6.21. The molecule has 2 unspecified atom stereocenters. The van der Waals surface area contributed by atoms with Crippen LogP contribution in [0.3, 0.4) is 0 Å². The Labute approximate surface area is 132 Å². The summed E-state index contributed by atoms with van der Waals surface area (Å²) < 4.78 is 10.6. The van der Waals surface area contributed by atoms with Gasteiger partial charge in [0.1, 0.15) is 5.75 Å². The summed E-state index contributed by atoms with van der Waals surface area (Å²) in [6.45, 7) is 4.53. The maximum atomic E-state index is 12.2. The number of ether oxygens (including phenoxy) is 2. The first kappa shape index (κ1) is 15.1. The van der Waals surface area contributed by atoms with Crippen LogP contribution in [0, 0.1) is 11.8 Å². The number of carbonyl (C=O) groups is 1. The highest BCUT2D eigenvalue weighted by Gasteiger charge is 2.36. The molecule has 1 aromatic carbocycles. The van der Waals surface area contributed by atoms with Crippen molar-refractivity contribution in [2.45, 2.75) is 39.5 Å². The number of benzene rings is 1. The molecule has 3 nitrogen and oxygen atoms in total. The molecule has 2 aliphatic carbocycles. The van der Waals surface area contributed by atoms with E-state index in [0.29, 0.717) is 6.61 Å². The molecule has 0 saturated carbocycles. The zero-order chi connectivity index (χ0) is 15.7. The molecular formula is C19H24O3. The van der Waals surface area contributed by atoms with E-state index in [-0.39, 0.29) is 17.8 Å².